The van der Waals surface area contributed by atoms with E-state index in [0.29, 0.717) is 25.6 Å². The lowest BCUT2D eigenvalue weighted by Gasteiger charge is -2.39. The van der Waals surface area contributed by atoms with Gasteiger partial charge in [-0.15, -0.1) is 0 Å². The molecule has 1 heterocycles. The summed E-state index contributed by atoms with van der Waals surface area (Å²) >= 11 is 0. The highest BCUT2D eigenvalue weighted by Gasteiger charge is 2.24. The minimum atomic E-state index is 0.00946. The van der Waals surface area contributed by atoms with Crippen molar-refractivity contribution in [2.45, 2.75) is 26.3 Å². The van der Waals surface area contributed by atoms with Crippen LogP contribution < -0.4 is 5.32 Å². The van der Waals surface area contributed by atoms with Gasteiger partial charge in [0, 0.05) is 45.4 Å². The van der Waals surface area contributed by atoms with Gasteiger partial charge in [0.2, 0.25) is 5.91 Å². The van der Waals surface area contributed by atoms with Crippen molar-refractivity contribution < 1.29 is 9.53 Å². The number of nitrogens with one attached hydrogen (secondary N) is 1. The number of ether oxygens (including phenoxy) is 1. The summed E-state index contributed by atoms with van der Waals surface area (Å²) in [5.41, 5.74) is 0. The molecule has 0 aromatic heterocycles. The number of carbonyl (C=O) groups is 1. The van der Waals surface area contributed by atoms with Crippen LogP contribution in [-0.2, 0) is 9.53 Å². The van der Waals surface area contributed by atoms with Crippen molar-refractivity contribution in [1.82, 2.24) is 15.1 Å². The Morgan fingerprint density at radius 1 is 1.50 bits per heavy atom. The lowest BCUT2D eigenvalue weighted by Crippen LogP contribution is -2.54. The molecule has 1 amide bonds. The second-order valence-corrected chi connectivity index (χ2v) is 5.08. The van der Waals surface area contributed by atoms with Crippen LogP contribution in [-0.4, -0.2) is 74.2 Å². The molecule has 0 bridgehead atoms. The molecule has 114 valence electrons. The largest absolute Gasteiger partial charge is 0.380 e. The van der Waals surface area contributed by atoms with Gasteiger partial charge in [0.05, 0.1) is 25.6 Å². The zero-order chi connectivity index (χ0) is 14.8. The van der Waals surface area contributed by atoms with E-state index in [4.69, 9.17) is 10.00 Å². The fourth-order valence-corrected chi connectivity index (χ4v) is 2.39. The molecule has 1 saturated heterocycles. The zero-order valence-electron chi connectivity index (χ0n) is 12.6. The summed E-state index contributed by atoms with van der Waals surface area (Å²) in [7, 11) is 0. The predicted octanol–water partition coefficient (Wildman–Crippen LogP) is 0.0589. The highest BCUT2D eigenvalue weighted by molar-refractivity contribution is 5.78. The molecule has 1 aliphatic rings. The minimum absolute atomic E-state index is 0.00946. The van der Waals surface area contributed by atoms with Crippen LogP contribution in [0.25, 0.3) is 0 Å². The highest BCUT2D eigenvalue weighted by atomic mass is 16.5. The zero-order valence-corrected chi connectivity index (χ0v) is 12.6. The molecule has 0 aromatic carbocycles. The van der Waals surface area contributed by atoms with Gasteiger partial charge in [-0.05, 0) is 13.8 Å². The quantitative estimate of drug-likeness (QED) is 0.638. The van der Waals surface area contributed by atoms with E-state index < -0.39 is 0 Å². The number of rotatable bonds is 8. The topological polar surface area (TPSA) is 68.6 Å². The van der Waals surface area contributed by atoms with Gasteiger partial charge in [0.25, 0.3) is 0 Å². The van der Waals surface area contributed by atoms with Crippen LogP contribution >= 0.6 is 0 Å². The van der Waals surface area contributed by atoms with Crippen LogP contribution in [0.1, 0.15) is 20.3 Å². The van der Waals surface area contributed by atoms with Crippen molar-refractivity contribution in [2.75, 3.05) is 52.5 Å². The van der Waals surface area contributed by atoms with Gasteiger partial charge in [0.15, 0.2) is 0 Å². The van der Waals surface area contributed by atoms with Gasteiger partial charge in [-0.1, -0.05) is 0 Å². The second-order valence-electron chi connectivity index (χ2n) is 5.08. The van der Waals surface area contributed by atoms with Crippen molar-refractivity contribution in [3.8, 4) is 6.07 Å². The van der Waals surface area contributed by atoms with Crippen LogP contribution in [0.3, 0.4) is 0 Å². The maximum absolute atomic E-state index is 11.7. The summed E-state index contributed by atoms with van der Waals surface area (Å²) in [5.74, 6) is 0.00946. The van der Waals surface area contributed by atoms with Gasteiger partial charge in [-0.2, -0.15) is 5.26 Å². The Kier molecular flexibility index (Phi) is 8.19. The second kappa shape index (κ2) is 9.70. The number of carbonyl (C=O) groups excluding carboxylic acids is 1. The molecule has 0 aliphatic carbocycles. The molecule has 0 saturated carbocycles. The highest BCUT2D eigenvalue weighted by Crippen LogP contribution is 2.08. The first-order valence-corrected chi connectivity index (χ1v) is 7.35. The standard InChI is InChI=1S/C14H26N4O2/c1-3-20-10-9-18-8-7-17(11-13(18)2)12-14(19)16-6-4-5-15/h13H,3-4,6-12H2,1-2H3,(H,16,19). The molecule has 1 atom stereocenters. The Labute approximate surface area is 121 Å². The van der Waals surface area contributed by atoms with E-state index in [9.17, 15) is 4.79 Å². The molecule has 0 spiro atoms. The van der Waals surface area contributed by atoms with Crippen molar-refractivity contribution in [3.05, 3.63) is 0 Å². The van der Waals surface area contributed by atoms with Crippen LogP contribution in [0.2, 0.25) is 0 Å². The van der Waals surface area contributed by atoms with E-state index in [1.807, 2.05) is 13.0 Å². The number of piperazine rings is 1. The number of hydrogen-bond donors (Lipinski definition) is 1. The average molecular weight is 282 g/mol. The van der Waals surface area contributed by atoms with Crippen LogP contribution in [0.15, 0.2) is 0 Å². The van der Waals surface area contributed by atoms with E-state index in [1.54, 1.807) is 0 Å². The molecule has 1 rings (SSSR count). The maximum Gasteiger partial charge on any atom is 0.234 e. The van der Waals surface area contributed by atoms with Gasteiger partial charge in [0.1, 0.15) is 0 Å². The number of nitrogens with zero attached hydrogens (tertiary/aromatic N) is 3. The Balaban J connectivity index is 2.22. The molecule has 1 aliphatic heterocycles. The lowest BCUT2D eigenvalue weighted by molar-refractivity contribution is -0.122. The van der Waals surface area contributed by atoms with Gasteiger partial charge in [-0.3, -0.25) is 14.6 Å². The number of nitriles is 1. The smallest absolute Gasteiger partial charge is 0.234 e. The molecule has 20 heavy (non-hydrogen) atoms. The monoisotopic (exact) mass is 282 g/mol. The summed E-state index contributed by atoms with van der Waals surface area (Å²) in [6.07, 6.45) is 0.368. The fourth-order valence-electron chi connectivity index (χ4n) is 2.39. The van der Waals surface area contributed by atoms with Crippen LogP contribution in [0, 0.1) is 11.3 Å². The third-order valence-corrected chi connectivity index (χ3v) is 3.50. The number of hydrogen-bond acceptors (Lipinski definition) is 5. The van der Waals surface area contributed by atoms with Crippen molar-refractivity contribution in [2.24, 2.45) is 0 Å². The van der Waals surface area contributed by atoms with Crippen molar-refractivity contribution >= 4 is 5.91 Å². The molecule has 0 aromatic rings. The Morgan fingerprint density at radius 3 is 2.95 bits per heavy atom. The molecular formula is C14H26N4O2. The minimum Gasteiger partial charge on any atom is -0.380 e. The summed E-state index contributed by atoms with van der Waals surface area (Å²) in [6.45, 7) is 10.3. The first-order valence-electron chi connectivity index (χ1n) is 7.35. The summed E-state index contributed by atoms with van der Waals surface area (Å²) in [4.78, 5) is 16.3. The van der Waals surface area contributed by atoms with Crippen LogP contribution in [0.5, 0.6) is 0 Å². The molecule has 0 radical (unpaired) electrons. The summed E-state index contributed by atoms with van der Waals surface area (Å²) < 4.78 is 5.39. The first kappa shape index (κ1) is 16.9. The number of amides is 1. The summed E-state index contributed by atoms with van der Waals surface area (Å²) in [5, 5.41) is 11.2. The van der Waals surface area contributed by atoms with Gasteiger partial charge >= 0.3 is 0 Å². The van der Waals surface area contributed by atoms with E-state index in [-0.39, 0.29) is 5.91 Å². The maximum atomic E-state index is 11.7. The molecule has 1 fully saturated rings. The summed E-state index contributed by atoms with van der Waals surface area (Å²) in [6, 6.07) is 2.46. The third kappa shape index (κ3) is 6.33. The predicted molar refractivity (Wildman–Crippen MR) is 77.2 cm³/mol. The molecule has 1 unspecified atom stereocenters. The average Bonchev–Trinajstić information content (AvgIpc) is 2.42. The van der Waals surface area contributed by atoms with Crippen molar-refractivity contribution in [3.63, 3.8) is 0 Å². The van der Waals surface area contributed by atoms with Gasteiger partial charge in [-0.25, -0.2) is 0 Å². The Morgan fingerprint density at radius 2 is 2.30 bits per heavy atom. The van der Waals surface area contributed by atoms with E-state index in [1.165, 1.54) is 0 Å². The molecule has 1 N–H and O–H groups in total. The van der Waals surface area contributed by atoms with Crippen molar-refractivity contribution in [1.29, 1.82) is 5.26 Å². The van der Waals surface area contributed by atoms with E-state index in [0.717, 1.165) is 39.4 Å². The third-order valence-electron chi connectivity index (χ3n) is 3.50. The Hall–Kier alpha value is -1.16. The molecule has 6 heteroatoms. The first-order chi connectivity index (χ1) is 9.67. The van der Waals surface area contributed by atoms with Gasteiger partial charge < -0.3 is 10.1 Å². The molecule has 6 nitrogen and oxygen atoms in total. The van der Waals surface area contributed by atoms with Crippen LogP contribution in [0.4, 0.5) is 0 Å². The fraction of sp³-hybridized carbons (Fsp3) is 0.857. The molecular weight excluding hydrogens is 256 g/mol. The van der Waals surface area contributed by atoms with E-state index in [2.05, 4.69) is 22.0 Å². The normalized spacial score (nSPS) is 20.6. The lowest BCUT2D eigenvalue weighted by atomic mass is 10.2. The Bertz CT molecular complexity index is 330. The van der Waals surface area contributed by atoms with E-state index >= 15 is 0 Å². The SMILES string of the molecule is CCOCCN1CCN(CC(=O)NCCC#N)CC1C.